The van der Waals surface area contributed by atoms with Crippen LogP contribution in [-0.4, -0.2) is 76.9 Å². The lowest BCUT2D eigenvalue weighted by Crippen LogP contribution is -2.28. The molecule has 1 aromatic carbocycles. The number of nitrogens with zero attached hydrogens (tertiary/aromatic N) is 6. The third kappa shape index (κ3) is 6.59. The van der Waals surface area contributed by atoms with Crippen LogP contribution in [0.25, 0.3) is 17.2 Å². The van der Waals surface area contributed by atoms with E-state index in [0.29, 0.717) is 40.1 Å². The smallest absolute Gasteiger partial charge is 0.243 e. The summed E-state index contributed by atoms with van der Waals surface area (Å²) in [4.78, 5) is 12.7. The van der Waals surface area contributed by atoms with E-state index >= 15 is 0 Å². The van der Waals surface area contributed by atoms with E-state index < -0.39 is 15.3 Å². The molecule has 3 aromatic heterocycles. The van der Waals surface area contributed by atoms with Gasteiger partial charge in [-0.15, -0.1) is 10.2 Å². The van der Waals surface area contributed by atoms with Crippen LogP contribution in [0.3, 0.4) is 0 Å². The molecule has 0 fully saturated rings. The lowest BCUT2D eigenvalue weighted by Gasteiger charge is -2.19. The lowest BCUT2D eigenvalue weighted by atomic mass is 10.2. The predicted octanol–water partition coefficient (Wildman–Crippen LogP) is 2.68. The maximum Gasteiger partial charge on any atom is 0.243 e. The second-order valence-corrected chi connectivity index (χ2v) is 10.2. The Morgan fingerprint density at radius 3 is 2.18 bits per heavy atom. The van der Waals surface area contributed by atoms with Gasteiger partial charge in [0, 0.05) is 27.0 Å². The van der Waals surface area contributed by atoms with Crippen molar-refractivity contribution in [2.75, 3.05) is 33.2 Å². The van der Waals surface area contributed by atoms with Crippen LogP contribution in [0, 0.1) is 6.92 Å². The molecule has 1 atom stereocenters. The van der Waals surface area contributed by atoms with Gasteiger partial charge >= 0.3 is 0 Å². The van der Waals surface area contributed by atoms with Gasteiger partial charge in [0.1, 0.15) is 28.7 Å². The largest absolute Gasteiger partial charge is 0.494 e. The number of nitrogens with one attached hydrogen (secondary N) is 1. The van der Waals surface area contributed by atoms with Crippen molar-refractivity contribution in [3.05, 3.63) is 60.2 Å². The van der Waals surface area contributed by atoms with Crippen molar-refractivity contribution in [2.45, 2.75) is 25.5 Å². The zero-order chi connectivity index (χ0) is 28.6. The fraction of sp³-hybridized carbons (Fsp3) is 0.320. The summed E-state index contributed by atoms with van der Waals surface area (Å²) in [5.41, 5.74) is 1.49. The molecule has 0 unspecified atom stereocenters. The molecule has 2 N–H and O–H groups in total. The molecular formula is C25H33N7O6S. The first-order valence-electron chi connectivity index (χ1n) is 11.7. The van der Waals surface area contributed by atoms with Gasteiger partial charge in [-0.05, 0) is 44.0 Å². The normalized spacial score (nSPS) is 11.7. The Morgan fingerprint density at radius 2 is 1.59 bits per heavy atom. The van der Waals surface area contributed by atoms with Crippen LogP contribution in [0.5, 0.6) is 17.4 Å². The van der Waals surface area contributed by atoms with Crippen LogP contribution in [0.1, 0.15) is 19.7 Å². The number of hydrogen-bond donors (Lipinski definition) is 2. The summed E-state index contributed by atoms with van der Waals surface area (Å²) in [6, 6.07) is 10.3. The summed E-state index contributed by atoms with van der Waals surface area (Å²) in [5.74, 6) is 1.97. The zero-order valence-electron chi connectivity index (χ0n) is 22.5. The van der Waals surface area contributed by atoms with Gasteiger partial charge in [0.2, 0.25) is 21.9 Å². The maximum atomic E-state index is 13.4. The fourth-order valence-corrected chi connectivity index (χ4v) is 4.63. The van der Waals surface area contributed by atoms with Gasteiger partial charge in [0.25, 0.3) is 0 Å². The number of aliphatic hydroxyl groups is 1. The minimum absolute atomic E-state index is 0. The second kappa shape index (κ2) is 13.0. The van der Waals surface area contributed by atoms with E-state index in [4.69, 9.17) is 19.3 Å². The van der Waals surface area contributed by atoms with Crippen molar-refractivity contribution in [3.63, 3.8) is 0 Å². The molecule has 39 heavy (non-hydrogen) atoms. The molecule has 0 radical (unpaired) electrons. The van der Waals surface area contributed by atoms with E-state index in [0.717, 1.165) is 7.11 Å². The van der Waals surface area contributed by atoms with E-state index in [-0.39, 0.29) is 19.6 Å². The Kier molecular flexibility index (Phi) is 9.73. The highest BCUT2D eigenvalue weighted by molar-refractivity contribution is 7.93. The number of ether oxygens (including phenoxy) is 3. The van der Waals surface area contributed by atoms with Crippen molar-refractivity contribution in [1.29, 1.82) is 0 Å². The molecule has 3 heterocycles. The molecule has 0 amide bonds. The van der Waals surface area contributed by atoms with Crippen LogP contribution in [0.2, 0.25) is 0 Å². The molecule has 4 rings (SSSR count). The summed E-state index contributed by atoms with van der Waals surface area (Å²) >= 11 is 0. The number of benzene rings is 1. The Morgan fingerprint density at radius 1 is 0.974 bits per heavy atom. The van der Waals surface area contributed by atoms with E-state index in [9.17, 15) is 8.42 Å². The number of aromatic nitrogens is 6. The van der Waals surface area contributed by atoms with Crippen molar-refractivity contribution >= 4 is 16.0 Å². The number of pyridine rings is 1. The van der Waals surface area contributed by atoms with Crippen molar-refractivity contribution < 1.29 is 29.2 Å². The van der Waals surface area contributed by atoms with Gasteiger partial charge in [0.15, 0.2) is 5.82 Å². The first-order chi connectivity index (χ1) is 18.8. The predicted molar refractivity (Wildman–Crippen MR) is 147 cm³/mol. The minimum atomic E-state index is -3.93. The molecule has 13 nitrogen and oxygen atoms in total. The average Bonchev–Trinajstić information content (AvgIpc) is 3.36. The number of rotatable bonds is 10. The van der Waals surface area contributed by atoms with Gasteiger partial charge in [-0.2, -0.15) is 0 Å². The zero-order valence-corrected chi connectivity index (χ0v) is 23.3. The standard InChI is InChI=1S/C24H27N7O5S.CH4O.H2/c1-15(12-17-13-25-16(2)26-14-17)37(32,33)30-24-29-28-23(18-8-6-11-21(27-18)36-5)31(24)22-19(34-3)9-7-10-20(22)35-4;1-2;/h6-11,13-15H,12H2,1-5H3,(H,29,30);2H,1H3;1H/t15-;;/m1../s1. The highest BCUT2D eigenvalue weighted by Crippen LogP contribution is 2.37. The summed E-state index contributed by atoms with van der Waals surface area (Å²) < 4.78 is 47.3. The number of aryl methyl sites for hydroxylation is 1. The van der Waals surface area contributed by atoms with Crippen LogP contribution in [0.4, 0.5) is 5.95 Å². The van der Waals surface area contributed by atoms with Gasteiger partial charge in [-0.25, -0.2) is 23.4 Å². The van der Waals surface area contributed by atoms with E-state index in [1.165, 1.54) is 25.9 Å². The van der Waals surface area contributed by atoms with Crippen LogP contribution < -0.4 is 18.9 Å². The molecule has 0 saturated heterocycles. The molecule has 0 aliphatic carbocycles. The first-order valence-corrected chi connectivity index (χ1v) is 13.2. The molecule has 0 bridgehead atoms. The molecule has 4 aromatic rings. The molecule has 0 saturated carbocycles. The number of hydrogen-bond acceptors (Lipinski definition) is 11. The molecule has 0 aliphatic heterocycles. The lowest BCUT2D eigenvalue weighted by molar-refractivity contribution is 0.391. The molecule has 210 valence electrons. The van der Waals surface area contributed by atoms with Crippen LogP contribution in [-0.2, 0) is 16.4 Å². The van der Waals surface area contributed by atoms with Gasteiger partial charge < -0.3 is 19.3 Å². The first kappa shape index (κ1) is 29.3. The Hall–Kier alpha value is -4.30. The number of sulfonamides is 1. The number of anilines is 1. The monoisotopic (exact) mass is 559 g/mol. The number of aliphatic hydroxyl groups excluding tert-OH is 1. The fourth-order valence-electron chi connectivity index (χ4n) is 3.63. The summed E-state index contributed by atoms with van der Waals surface area (Å²) in [6.07, 6.45) is 3.43. The molecule has 0 spiro atoms. The van der Waals surface area contributed by atoms with E-state index in [2.05, 4.69) is 29.9 Å². The SMILES string of the molecule is CO.COc1cccc(-c2nnc(NS(=O)(=O)[C@H](C)Cc3cnc(C)nc3)n2-c2c(OC)cccc2OC)n1.[HH]. The summed E-state index contributed by atoms with van der Waals surface area (Å²) in [6.45, 7) is 3.36. The number of methoxy groups -OCH3 is 3. The highest BCUT2D eigenvalue weighted by atomic mass is 32.2. The van der Waals surface area contributed by atoms with Gasteiger partial charge in [-0.1, -0.05) is 12.1 Å². The minimum Gasteiger partial charge on any atom is -0.494 e. The Balaban J connectivity index is 0.00000183. The molecule has 14 heteroatoms. The summed E-state index contributed by atoms with van der Waals surface area (Å²) in [7, 11) is 1.57. The number of para-hydroxylation sites is 1. The quantitative estimate of drug-likeness (QED) is 0.294. The third-order valence-electron chi connectivity index (χ3n) is 5.57. The van der Waals surface area contributed by atoms with Crippen LogP contribution in [0.15, 0.2) is 48.8 Å². The van der Waals surface area contributed by atoms with E-state index in [1.807, 2.05) is 0 Å². The topological polar surface area (TPSA) is 163 Å². The highest BCUT2D eigenvalue weighted by Gasteiger charge is 2.28. The van der Waals surface area contributed by atoms with Gasteiger partial charge in [-0.3, -0.25) is 9.29 Å². The third-order valence-corrected chi connectivity index (χ3v) is 7.26. The van der Waals surface area contributed by atoms with E-state index in [1.54, 1.807) is 62.6 Å². The second-order valence-electron chi connectivity index (χ2n) is 8.06. The molecular weight excluding hydrogens is 526 g/mol. The van der Waals surface area contributed by atoms with Gasteiger partial charge in [0.05, 0.1) is 26.6 Å². The van der Waals surface area contributed by atoms with Crippen molar-refractivity contribution in [2.24, 2.45) is 0 Å². The van der Waals surface area contributed by atoms with Crippen LogP contribution >= 0.6 is 0 Å². The average molecular weight is 560 g/mol. The Labute approximate surface area is 228 Å². The maximum absolute atomic E-state index is 13.4. The molecule has 0 aliphatic rings. The van der Waals surface area contributed by atoms with Crippen molar-refractivity contribution in [3.8, 4) is 34.6 Å². The Bertz CT molecular complexity index is 1480. The summed E-state index contributed by atoms with van der Waals surface area (Å²) in [5, 5.41) is 14.6. The van der Waals surface area contributed by atoms with Crippen molar-refractivity contribution in [1.82, 2.24) is 29.7 Å².